The van der Waals surface area contributed by atoms with Crippen LogP contribution in [0, 0.1) is 5.92 Å². The number of aromatic carboxylic acids is 1. The van der Waals surface area contributed by atoms with E-state index in [0.717, 1.165) is 36.3 Å². The first kappa shape index (κ1) is 14.3. The second-order valence-corrected chi connectivity index (χ2v) is 5.74. The second-order valence-electron chi connectivity index (χ2n) is 4.88. The van der Waals surface area contributed by atoms with E-state index in [0.29, 0.717) is 11.5 Å². The fourth-order valence-corrected chi connectivity index (χ4v) is 3.18. The average Bonchev–Trinajstić information content (AvgIpc) is 2.39. The third kappa shape index (κ3) is 3.48. The molecule has 0 spiro atoms. The van der Waals surface area contributed by atoms with E-state index in [1.807, 2.05) is 6.07 Å². The van der Waals surface area contributed by atoms with Gasteiger partial charge < -0.3 is 14.7 Å². The van der Waals surface area contributed by atoms with Gasteiger partial charge in [0.05, 0.1) is 17.9 Å². The first-order valence-electron chi connectivity index (χ1n) is 6.38. The van der Waals surface area contributed by atoms with Gasteiger partial charge in [-0.25, -0.2) is 4.79 Å². The Labute approximate surface area is 121 Å². The van der Waals surface area contributed by atoms with Crippen LogP contribution >= 0.6 is 15.9 Å². The predicted octanol–water partition coefficient (Wildman–Crippen LogP) is 3.01. The lowest BCUT2D eigenvalue weighted by atomic mass is 9.98. The van der Waals surface area contributed by atoms with Crippen LogP contribution in [0.3, 0.4) is 0 Å². The largest absolute Gasteiger partial charge is 0.478 e. The Morgan fingerprint density at radius 3 is 3.00 bits per heavy atom. The summed E-state index contributed by atoms with van der Waals surface area (Å²) in [5.41, 5.74) is 1.37. The minimum atomic E-state index is -0.900. The zero-order valence-corrected chi connectivity index (χ0v) is 12.5. The number of rotatable bonds is 4. The standard InChI is InChI=1S/C14H18BrNO3/c1-19-9-10-3-2-6-16(8-10)13-5-4-11(14(17)18)7-12(13)15/h4-5,7,10H,2-3,6,8-9H2,1H3,(H,17,18). The van der Waals surface area contributed by atoms with Crippen LogP contribution in [-0.2, 0) is 4.74 Å². The van der Waals surface area contributed by atoms with Crippen molar-refractivity contribution in [1.29, 1.82) is 0 Å². The van der Waals surface area contributed by atoms with Crippen molar-refractivity contribution in [2.75, 3.05) is 31.7 Å². The fraction of sp³-hybridized carbons (Fsp3) is 0.500. The molecule has 0 radical (unpaired) electrons. The van der Waals surface area contributed by atoms with Crippen LogP contribution in [0.1, 0.15) is 23.2 Å². The number of methoxy groups -OCH3 is 1. The van der Waals surface area contributed by atoms with Crippen molar-refractivity contribution < 1.29 is 14.6 Å². The molecule has 1 aromatic rings. The lowest BCUT2D eigenvalue weighted by molar-refractivity contribution is 0.0697. The van der Waals surface area contributed by atoms with Crippen molar-refractivity contribution in [3.63, 3.8) is 0 Å². The van der Waals surface area contributed by atoms with Crippen LogP contribution in [0.4, 0.5) is 5.69 Å². The number of hydrogen-bond acceptors (Lipinski definition) is 3. The van der Waals surface area contributed by atoms with Crippen molar-refractivity contribution in [3.8, 4) is 0 Å². The molecule has 1 aliphatic rings. The molecule has 0 aromatic heterocycles. The van der Waals surface area contributed by atoms with Crippen molar-refractivity contribution in [1.82, 2.24) is 0 Å². The molecule has 1 aliphatic heterocycles. The molecule has 4 nitrogen and oxygen atoms in total. The van der Waals surface area contributed by atoms with Crippen molar-refractivity contribution in [3.05, 3.63) is 28.2 Å². The fourth-order valence-electron chi connectivity index (χ4n) is 2.55. The zero-order valence-electron chi connectivity index (χ0n) is 10.9. The highest BCUT2D eigenvalue weighted by atomic mass is 79.9. The van der Waals surface area contributed by atoms with Crippen LogP contribution in [0.15, 0.2) is 22.7 Å². The van der Waals surface area contributed by atoms with Crippen LogP contribution in [0.5, 0.6) is 0 Å². The van der Waals surface area contributed by atoms with Gasteiger partial charge in [0, 0.05) is 24.7 Å². The number of carboxylic acids is 1. The molecule has 19 heavy (non-hydrogen) atoms. The minimum absolute atomic E-state index is 0.307. The van der Waals surface area contributed by atoms with Gasteiger partial charge in [-0.2, -0.15) is 0 Å². The molecule has 1 heterocycles. The van der Waals surface area contributed by atoms with E-state index in [1.165, 1.54) is 6.42 Å². The van der Waals surface area contributed by atoms with Crippen molar-refractivity contribution >= 4 is 27.6 Å². The van der Waals surface area contributed by atoms with Gasteiger partial charge in [0.25, 0.3) is 0 Å². The molecule has 1 atom stereocenters. The van der Waals surface area contributed by atoms with Crippen molar-refractivity contribution in [2.45, 2.75) is 12.8 Å². The monoisotopic (exact) mass is 327 g/mol. The summed E-state index contributed by atoms with van der Waals surface area (Å²) in [7, 11) is 1.73. The number of nitrogens with zero attached hydrogens (tertiary/aromatic N) is 1. The molecule has 1 aromatic carbocycles. The van der Waals surface area contributed by atoms with Gasteiger partial charge in [-0.15, -0.1) is 0 Å². The summed E-state index contributed by atoms with van der Waals surface area (Å²) in [6, 6.07) is 5.20. The molecule has 0 saturated carbocycles. The van der Waals surface area contributed by atoms with E-state index in [-0.39, 0.29) is 0 Å². The van der Waals surface area contributed by atoms with Crippen molar-refractivity contribution in [2.24, 2.45) is 5.92 Å². The second kappa shape index (κ2) is 6.39. The number of carboxylic acid groups (broad SMARTS) is 1. The van der Waals surface area contributed by atoms with Gasteiger partial charge in [-0.05, 0) is 52.9 Å². The first-order chi connectivity index (χ1) is 9.11. The van der Waals surface area contributed by atoms with Crippen LogP contribution in [-0.4, -0.2) is 37.9 Å². The third-order valence-electron chi connectivity index (χ3n) is 3.46. The van der Waals surface area contributed by atoms with Crippen LogP contribution in [0.2, 0.25) is 0 Å². The molecule has 5 heteroatoms. The van der Waals surface area contributed by atoms with Gasteiger partial charge in [-0.3, -0.25) is 0 Å². The number of benzene rings is 1. The number of piperidine rings is 1. The Bertz CT molecular complexity index is 462. The van der Waals surface area contributed by atoms with E-state index < -0.39 is 5.97 Å². The maximum absolute atomic E-state index is 10.9. The highest BCUT2D eigenvalue weighted by Crippen LogP contribution is 2.31. The maximum atomic E-state index is 10.9. The Kier molecular flexibility index (Phi) is 4.82. The minimum Gasteiger partial charge on any atom is -0.478 e. The van der Waals surface area contributed by atoms with Gasteiger partial charge in [0.1, 0.15) is 0 Å². The smallest absolute Gasteiger partial charge is 0.335 e. The SMILES string of the molecule is COCC1CCCN(c2ccc(C(=O)O)cc2Br)C1. The molecule has 2 rings (SSSR count). The number of ether oxygens (including phenoxy) is 1. The predicted molar refractivity (Wildman–Crippen MR) is 77.9 cm³/mol. The average molecular weight is 328 g/mol. The molecule has 1 fully saturated rings. The Morgan fingerprint density at radius 2 is 2.37 bits per heavy atom. The van der Waals surface area contributed by atoms with Gasteiger partial charge in [0.2, 0.25) is 0 Å². The maximum Gasteiger partial charge on any atom is 0.335 e. The molecule has 1 N–H and O–H groups in total. The molecule has 1 saturated heterocycles. The number of halogens is 1. The quantitative estimate of drug-likeness (QED) is 0.923. The highest BCUT2D eigenvalue weighted by Gasteiger charge is 2.21. The summed E-state index contributed by atoms with van der Waals surface area (Å²) in [6.07, 6.45) is 2.33. The Hall–Kier alpha value is -1.07. The van der Waals surface area contributed by atoms with E-state index >= 15 is 0 Å². The molecular weight excluding hydrogens is 310 g/mol. The third-order valence-corrected chi connectivity index (χ3v) is 4.09. The van der Waals surface area contributed by atoms with E-state index in [1.54, 1.807) is 19.2 Å². The van der Waals surface area contributed by atoms with Gasteiger partial charge >= 0.3 is 5.97 Å². The first-order valence-corrected chi connectivity index (χ1v) is 7.18. The summed E-state index contributed by atoms with van der Waals surface area (Å²) in [5.74, 6) is -0.354. The number of hydrogen-bond donors (Lipinski definition) is 1. The summed E-state index contributed by atoms with van der Waals surface area (Å²) in [4.78, 5) is 13.2. The molecule has 0 amide bonds. The topological polar surface area (TPSA) is 49.8 Å². The summed E-state index contributed by atoms with van der Waals surface area (Å²) in [5, 5.41) is 8.97. The van der Waals surface area contributed by atoms with E-state index in [4.69, 9.17) is 9.84 Å². The van der Waals surface area contributed by atoms with Crippen LogP contribution in [0.25, 0.3) is 0 Å². The lowest BCUT2D eigenvalue weighted by Crippen LogP contribution is -2.37. The number of carbonyl (C=O) groups is 1. The number of anilines is 1. The van der Waals surface area contributed by atoms with Gasteiger partial charge in [-0.1, -0.05) is 0 Å². The molecule has 1 unspecified atom stereocenters. The van der Waals surface area contributed by atoms with Gasteiger partial charge in [0.15, 0.2) is 0 Å². The zero-order chi connectivity index (χ0) is 13.8. The van der Waals surface area contributed by atoms with Crippen LogP contribution < -0.4 is 4.90 Å². The molecule has 0 bridgehead atoms. The molecular formula is C14H18BrNO3. The lowest BCUT2D eigenvalue weighted by Gasteiger charge is -2.34. The Morgan fingerprint density at radius 1 is 1.58 bits per heavy atom. The molecule has 0 aliphatic carbocycles. The summed E-state index contributed by atoms with van der Waals surface area (Å²) >= 11 is 3.47. The highest BCUT2D eigenvalue weighted by molar-refractivity contribution is 9.10. The molecule has 104 valence electrons. The van der Waals surface area contributed by atoms with E-state index in [9.17, 15) is 4.79 Å². The van der Waals surface area contributed by atoms with E-state index in [2.05, 4.69) is 20.8 Å². The summed E-state index contributed by atoms with van der Waals surface area (Å²) < 4.78 is 6.07. The Balaban J connectivity index is 2.15. The summed E-state index contributed by atoms with van der Waals surface area (Å²) in [6.45, 7) is 2.74. The normalized spacial score (nSPS) is 19.5.